The molecule has 2 aliphatic rings. The Morgan fingerprint density at radius 1 is 0.973 bits per heavy atom. The molecule has 0 aliphatic carbocycles. The first kappa shape index (κ1) is 26.2. The number of ether oxygens (including phenoxy) is 2. The SMILES string of the molecule is Fc1cc(CCCN2CCCC2)cc2c1OCCO2.NC(=O)C(=O)c1ccc(-c2ccc(F)cn2)cc1. The van der Waals surface area contributed by atoms with Crippen LogP contribution >= 0.6 is 0 Å². The van der Waals surface area contributed by atoms with Crippen molar-refractivity contribution in [3.8, 4) is 22.8 Å². The lowest BCUT2D eigenvalue weighted by Gasteiger charge is -2.20. The molecule has 1 amide bonds. The van der Waals surface area contributed by atoms with E-state index in [0.29, 0.717) is 24.7 Å². The number of amides is 1. The van der Waals surface area contributed by atoms with Crippen LogP contribution in [0.25, 0.3) is 11.3 Å². The molecule has 3 heterocycles. The fraction of sp³-hybridized carbons (Fsp3) is 0.321. The van der Waals surface area contributed by atoms with Gasteiger partial charge in [-0.1, -0.05) is 24.3 Å². The van der Waals surface area contributed by atoms with E-state index in [0.717, 1.165) is 36.7 Å². The Morgan fingerprint density at radius 3 is 2.38 bits per heavy atom. The Kier molecular flexibility index (Phi) is 8.79. The molecule has 0 bridgehead atoms. The van der Waals surface area contributed by atoms with Crippen LogP contribution in [0.15, 0.2) is 54.7 Å². The summed E-state index contributed by atoms with van der Waals surface area (Å²) >= 11 is 0. The molecule has 2 N–H and O–H groups in total. The Hall–Kier alpha value is -3.85. The number of aromatic nitrogens is 1. The first-order valence-electron chi connectivity index (χ1n) is 12.3. The lowest BCUT2D eigenvalue weighted by atomic mass is 10.1. The molecule has 9 heteroatoms. The van der Waals surface area contributed by atoms with Gasteiger partial charge >= 0.3 is 0 Å². The second-order valence-corrected chi connectivity index (χ2v) is 8.89. The first-order chi connectivity index (χ1) is 17.9. The molecule has 2 aliphatic heterocycles. The van der Waals surface area contributed by atoms with Gasteiger partial charge in [-0.2, -0.15) is 0 Å². The number of hydrogen-bond acceptors (Lipinski definition) is 6. The smallest absolute Gasteiger partial charge is 0.289 e. The monoisotopic (exact) mass is 509 g/mol. The minimum absolute atomic E-state index is 0.216. The fourth-order valence-corrected chi connectivity index (χ4v) is 4.30. The van der Waals surface area contributed by atoms with Gasteiger partial charge < -0.3 is 20.1 Å². The lowest BCUT2D eigenvalue weighted by Crippen LogP contribution is -2.22. The molecule has 5 rings (SSSR count). The van der Waals surface area contributed by atoms with Crippen molar-refractivity contribution in [3.63, 3.8) is 0 Å². The van der Waals surface area contributed by atoms with Crippen molar-refractivity contribution in [2.24, 2.45) is 5.73 Å². The largest absolute Gasteiger partial charge is 0.486 e. The van der Waals surface area contributed by atoms with E-state index in [1.165, 1.54) is 50.2 Å². The van der Waals surface area contributed by atoms with Gasteiger partial charge in [-0.3, -0.25) is 14.6 Å². The molecule has 0 spiro atoms. The molecule has 0 atom stereocenters. The zero-order valence-corrected chi connectivity index (χ0v) is 20.4. The van der Waals surface area contributed by atoms with Gasteiger partial charge in [0.2, 0.25) is 5.78 Å². The number of carbonyl (C=O) groups is 2. The van der Waals surface area contributed by atoms with Gasteiger partial charge in [-0.05, 0) is 75.1 Å². The Labute approximate surface area is 214 Å². The number of hydrogen-bond donors (Lipinski definition) is 1. The summed E-state index contributed by atoms with van der Waals surface area (Å²) in [5.74, 6) is -1.62. The minimum atomic E-state index is -0.998. The molecule has 0 radical (unpaired) electrons. The Bertz CT molecular complexity index is 1230. The maximum Gasteiger partial charge on any atom is 0.289 e. The summed E-state index contributed by atoms with van der Waals surface area (Å²) in [5.41, 5.74) is 7.41. The maximum absolute atomic E-state index is 13.8. The minimum Gasteiger partial charge on any atom is -0.486 e. The van der Waals surface area contributed by atoms with Gasteiger partial charge in [0.25, 0.3) is 5.91 Å². The number of aryl methyl sites for hydroxylation is 1. The van der Waals surface area contributed by atoms with Crippen LogP contribution in [0.5, 0.6) is 11.5 Å². The normalized spacial score (nSPS) is 14.5. The summed E-state index contributed by atoms with van der Waals surface area (Å²) in [7, 11) is 0. The van der Waals surface area contributed by atoms with E-state index in [4.69, 9.17) is 15.2 Å². The molecule has 7 nitrogen and oxygen atoms in total. The van der Waals surface area contributed by atoms with Crippen LogP contribution in [0, 0.1) is 11.6 Å². The van der Waals surface area contributed by atoms with Crippen molar-refractivity contribution in [1.29, 1.82) is 0 Å². The number of benzene rings is 2. The Balaban J connectivity index is 0.000000173. The van der Waals surface area contributed by atoms with Crippen molar-refractivity contribution in [2.75, 3.05) is 32.8 Å². The van der Waals surface area contributed by atoms with Crippen LogP contribution in [-0.2, 0) is 11.2 Å². The van der Waals surface area contributed by atoms with Crippen molar-refractivity contribution >= 4 is 11.7 Å². The maximum atomic E-state index is 13.8. The highest BCUT2D eigenvalue weighted by Crippen LogP contribution is 2.34. The average molecular weight is 510 g/mol. The molecule has 1 aromatic heterocycles. The van der Waals surface area contributed by atoms with E-state index in [1.807, 2.05) is 6.07 Å². The molecule has 194 valence electrons. The number of carbonyl (C=O) groups excluding carboxylic acids is 2. The molecule has 0 unspecified atom stereocenters. The molecule has 0 saturated carbocycles. The van der Waals surface area contributed by atoms with Crippen molar-refractivity contribution in [1.82, 2.24) is 9.88 Å². The van der Waals surface area contributed by atoms with Crippen LogP contribution in [0.1, 0.15) is 35.2 Å². The standard InChI is InChI=1S/C15H20FNO2.C13H9FN2O2/c16-13-10-12(4-3-7-17-5-1-2-6-17)11-14-15(13)19-9-8-18-14;14-10-5-6-11(16-7-10)8-1-3-9(4-2-8)12(17)13(15)18/h10-11H,1-9H2;1-7H,(H2,15,18). The second kappa shape index (κ2) is 12.4. The number of Topliss-reactive ketones (excluding diaryl/α,β-unsaturated/α-hetero) is 1. The number of fused-ring (bicyclic) bond motifs is 1. The third-order valence-electron chi connectivity index (χ3n) is 6.19. The third-order valence-corrected chi connectivity index (χ3v) is 6.19. The quantitative estimate of drug-likeness (QED) is 0.379. The lowest BCUT2D eigenvalue weighted by molar-refractivity contribution is -0.114. The highest BCUT2D eigenvalue weighted by atomic mass is 19.1. The third kappa shape index (κ3) is 7.10. The average Bonchev–Trinajstić information content (AvgIpc) is 3.43. The predicted molar refractivity (Wildman–Crippen MR) is 135 cm³/mol. The molecule has 37 heavy (non-hydrogen) atoms. The molecular formula is C28H29F2N3O4. The zero-order valence-electron chi connectivity index (χ0n) is 20.4. The van der Waals surface area contributed by atoms with Crippen LogP contribution in [-0.4, -0.2) is 54.4 Å². The summed E-state index contributed by atoms with van der Waals surface area (Å²) in [6.07, 6.45) is 5.71. The molecule has 1 fully saturated rings. The zero-order chi connectivity index (χ0) is 26.2. The van der Waals surface area contributed by atoms with Crippen LogP contribution in [0.4, 0.5) is 8.78 Å². The second-order valence-electron chi connectivity index (χ2n) is 8.89. The van der Waals surface area contributed by atoms with E-state index in [1.54, 1.807) is 18.2 Å². The predicted octanol–water partition coefficient (Wildman–Crippen LogP) is 4.18. The number of primary amides is 1. The van der Waals surface area contributed by atoms with E-state index < -0.39 is 17.5 Å². The van der Waals surface area contributed by atoms with Crippen molar-refractivity contribution < 1.29 is 27.8 Å². The molecule has 1 saturated heterocycles. The Morgan fingerprint density at radius 2 is 1.70 bits per heavy atom. The van der Waals surface area contributed by atoms with E-state index >= 15 is 0 Å². The van der Waals surface area contributed by atoms with E-state index in [9.17, 15) is 18.4 Å². The summed E-state index contributed by atoms with van der Waals surface area (Å²) in [6, 6.07) is 12.5. The van der Waals surface area contributed by atoms with Gasteiger partial charge in [0.1, 0.15) is 19.0 Å². The van der Waals surface area contributed by atoms with Crippen molar-refractivity contribution in [3.05, 3.63) is 77.5 Å². The highest BCUT2D eigenvalue weighted by Gasteiger charge is 2.18. The number of likely N-dealkylation sites (tertiary alicyclic amines) is 1. The number of nitrogens with two attached hydrogens (primary N) is 1. The van der Waals surface area contributed by atoms with Gasteiger partial charge in [-0.25, -0.2) is 8.78 Å². The number of rotatable bonds is 7. The molecular weight excluding hydrogens is 480 g/mol. The number of halogens is 2. The van der Waals surface area contributed by atoms with Gasteiger partial charge in [0, 0.05) is 11.1 Å². The highest BCUT2D eigenvalue weighted by molar-refractivity contribution is 6.42. The van der Waals surface area contributed by atoms with Crippen molar-refractivity contribution in [2.45, 2.75) is 25.7 Å². The van der Waals surface area contributed by atoms with E-state index in [-0.39, 0.29) is 17.1 Å². The van der Waals surface area contributed by atoms with E-state index in [2.05, 4.69) is 9.88 Å². The molecule has 2 aromatic carbocycles. The first-order valence-corrected chi connectivity index (χ1v) is 12.3. The van der Waals surface area contributed by atoms with Crippen LogP contribution < -0.4 is 15.2 Å². The number of nitrogens with zero attached hydrogens (tertiary/aromatic N) is 2. The van der Waals surface area contributed by atoms with Crippen LogP contribution in [0.2, 0.25) is 0 Å². The van der Waals surface area contributed by atoms with Gasteiger partial charge in [0.05, 0.1) is 11.9 Å². The summed E-state index contributed by atoms with van der Waals surface area (Å²) < 4.78 is 37.3. The number of ketones is 1. The summed E-state index contributed by atoms with van der Waals surface area (Å²) in [4.78, 5) is 28.4. The van der Waals surface area contributed by atoms with Crippen LogP contribution in [0.3, 0.4) is 0 Å². The van der Waals surface area contributed by atoms with Gasteiger partial charge in [-0.15, -0.1) is 0 Å². The fourth-order valence-electron chi connectivity index (χ4n) is 4.30. The topological polar surface area (TPSA) is 94.7 Å². The summed E-state index contributed by atoms with van der Waals surface area (Å²) in [6.45, 7) is 4.48. The number of pyridine rings is 1. The molecule has 3 aromatic rings. The van der Waals surface area contributed by atoms with Gasteiger partial charge in [0.15, 0.2) is 17.3 Å². The summed E-state index contributed by atoms with van der Waals surface area (Å²) in [5, 5.41) is 0.